The Balaban J connectivity index is 2.03. The summed E-state index contributed by atoms with van der Waals surface area (Å²) in [6, 6.07) is 5.63. The van der Waals surface area contributed by atoms with E-state index in [4.69, 9.17) is 28.9 Å². The van der Waals surface area contributed by atoms with Crippen molar-refractivity contribution in [2.45, 2.75) is 12.5 Å². The second-order valence-corrected chi connectivity index (χ2v) is 4.75. The van der Waals surface area contributed by atoms with Crippen LogP contribution in [0.25, 0.3) is 0 Å². The second kappa shape index (κ2) is 4.71. The van der Waals surface area contributed by atoms with Crippen LogP contribution in [0.15, 0.2) is 18.2 Å². The van der Waals surface area contributed by atoms with Crippen LogP contribution in [0.5, 0.6) is 0 Å². The van der Waals surface area contributed by atoms with E-state index in [2.05, 4.69) is 4.90 Å². The molecule has 0 aromatic heterocycles. The SMILES string of the molecule is N[C@H](CN1CCC1)c1ccc(Cl)c(Cl)c1. The molecule has 4 heteroatoms. The minimum Gasteiger partial charge on any atom is -0.323 e. The highest BCUT2D eigenvalue weighted by molar-refractivity contribution is 6.42. The van der Waals surface area contributed by atoms with Crippen molar-refractivity contribution in [2.75, 3.05) is 19.6 Å². The number of benzene rings is 1. The third-order valence-electron chi connectivity index (χ3n) is 2.78. The van der Waals surface area contributed by atoms with Crippen molar-refractivity contribution in [1.29, 1.82) is 0 Å². The molecule has 2 nitrogen and oxygen atoms in total. The Labute approximate surface area is 100.0 Å². The van der Waals surface area contributed by atoms with Gasteiger partial charge >= 0.3 is 0 Å². The zero-order valence-electron chi connectivity index (χ0n) is 8.42. The molecule has 1 aromatic carbocycles. The van der Waals surface area contributed by atoms with Gasteiger partial charge in [0.15, 0.2) is 0 Å². The molecule has 2 N–H and O–H groups in total. The Morgan fingerprint density at radius 3 is 2.53 bits per heavy atom. The molecule has 1 aliphatic heterocycles. The lowest BCUT2D eigenvalue weighted by atomic mass is 10.1. The van der Waals surface area contributed by atoms with E-state index in [1.54, 1.807) is 6.07 Å². The first-order valence-corrected chi connectivity index (χ1v) is 5.85. The average molecular weight is 245 g/mol. The van der Waals surface area contributed by atoms with Crippen LogP contribution in [0.2, 0.25) is 10.0 Å². The van der Waals surface area contributed by atoms with Gasteiger partial charge in [0, 0.05) is 12.6 Å². The van der Waals surface area contributed by atoms with E-state index >= 15 is 0 Å². The van der Waals surface area contributed by atoms with Crippen molar-refractivity contribution in [3.63, 3.8) is 0 Å². The van der Waals surface area contributed by atoms with Gasteiger partial charge in [-0.3, -0.25) is 0 Å². The number of nitrogens with zero attached hydrogens (tertiary/aromatic N) is 1. The molecule has 0 unspecified atom stereocenters. The summed E-state index contributed by atoms with van der Waals surface area (Å²) in [6.07, 6.45) is 1.29. The van der Waals surface area contributed by atoms with Crippen molar-refractivity contribution in [3.05, 3.63) is 33.8 Å². The molecule has 1 heterocycles. The fraction of sp³-hybridized carbons (Fsp3) is 0.455. The first-order valence-electron chi connectivity index (χ1n) is 5.09. The number of hydrogen-bond donors (Lipinski definition) is 1. The maximum absolute atomic E-state index is 6.08. The van der Waals surface area contributed by atoms with Crippen molar-refractivity contribution >= 4 is 23.2 Å². The van der Waals surface area contributed by atoms with Crippen LogP contribution in [0, 0.1) is 0 Å². The van der Waals surface area contributed by atoms with Gasteiger partial charge in [0.05, 0.1) is 10.0 Å². The van der Waals surface area contributed by atoms with E-state index in [0.29, 0.717) is 10.0 Å². The predicted octanol–water partition coefficient (Wildman–Crippen LogP) is 2.70. The number of halogens is 2. The van der Waals surface area contributed by atoms with Gasteiger partial charge in [-0.2, -0.15) is 0 Å². The lowest BCUT2D eigenvalue weighted by Gasteiger charge is -2.33. The Morgan fingerprint density at radius 2 is 2.00 bits per heavy atom. The summed E-state index contributed by atoms with van der Waals surface area (Å²) in [5, 5.41) is 1.16. The van der Waals surface area contributed by atoms with Gasteiger partial charge in [-0.25, -0.2) is 0 Å². The number of nitrogens with two attached hydrogens (primary N) is 1. The van der Waals surface area contributed by atoms with Crippen LogP contribution in [-0.2, 0) is 0 Å². The zero-order valence-corrected chi connectivity index (χ0v) is 9.93. The molecular weight excluding hydrogens is 231 g/mol. The van der Waals surface area contributed by atoms with Gasteiger partial charge in [-0.1, -0.05) is 29.3 Å². The molecule has 0 saturated carbocycles. The molecule has 1 aliphatic rings. The molecule has 0 radical (unpaired) electrons. The van der Waals surface area contributed by atoms with E-state index in [0.717, 1.165) is 25.2 Å². The van der Waals surface area contributed by atoms with Crippen molar-refractivity contribution in [2.24, 2.45) is 5.73 Å². The molecule has 0 aliphatic carbocycles. The van der Waals surface area contributed by atoms with E-state index in [-0.39, 0.29) is 6.04 Å². The first kappa shape index (κ1) is 11.2. The molecule has 0 amide bonds. The van der Waals surface area contributed by atoms with Crippen molar-refractivity contribution in [3.8, 4) is 0 Å². The summed E-state index contributed by atoms with van der Waals surface area (Å²) in [5.41, 5.74) is 7.13. The topological polar surface area (TPSA) is 29.3 Å². The molecule has 2 rings (SSSR count). The highest BCUT2D eigenvalue weighted by atomic mass is 35.5. The summed E-state index contributed by atoms with van der Waals surface area (Å²) in [5.74, 6) is 0. The maximum Gasteiger partial charge on any atom is 0.0595 e. The largest absolute Gasteiger partial charge is 0.323 e. The molecule has 0 spiro atoms. The van der Waals surface area contributed by atoms with Gasteiger partial charge in [-0.05, 0) is 37.2 Å². The van der Waals surface area contributed by atoms with E-state index < -0.39 is 0 Å². The highest BCUT2D eigenvalue weighted by Gasteiger charge is 2.18. The van der Waals surface area contributed by atoms with E-state index in [1.165, 1.54) is 6.42 Å². The van der Waals surface area contributed by atoms with Crippen LogP contribution in [0.3, 0.4) is 0 Å². The summed E-state index contributed by atoms with van der Waals surface area (Å²) in [4.78, 5) is 2.34. The second-order valence-electron chi connectivity index (χ2n) is 3.93. The number of rotatable bonds is 3. The van der Waals surface area contributed by atoms with E-state index in [1.807, 2.05) is 12.1 Å². The third-order valence-corrected chi connectivity index (χ3v) is 3.51. The van der Waals surface area contributed by atoms with Crippen LogP contribution in [0.4, 0.5) is 0 Å². The van der Waals surface area contributed by atoms with Gasteiger partial charge in [0.1, 0.15) is 0 Å². The van der Waals surface area contributed by atoms with Crippen LogP contribution in [0.1, 0.15) is 18.0 Å². The Hall–Kier alpha value is -0.280. The monoisotopic (exact) mass is 244 g/mol. The Kier molecular flexibility index (Phi) is 3.52. The number of hydrogen-bond acceptors (Lipinski definition) is 2. The molecule has 1 fully saturated rings. The first-order chi connectivity index (χ1) is 7.16. The minimum absolute atomic E-state index is 0.0278. The number of likely N-dealkylation sites (tertiary alicyclic amines) is 1. The minimum atomic E-state index is 0.0278. The summed E-state index contributed by atoms with van der Waals surface area (Å²) >= 11 is 11.8. The third kappa shape index (κ3) is 2.64. The average Bonchev–Trinajstić information content (AvgIpc) is 2.15. The maximum atomic E-state index is 6.08. The lowest BCUT2D eigenvalue weighted by molar-refractivity contribution is 0.170. The van der Waals surface area contributed by atoms with Crippen LogP contribution >= 0.6 is 23.2 Å². The van der Waals surface area contributed by atoms with Gasteiger partial charge < -0.3 is 10.6 Å². The zero-order chi connectivity index (χ0) is 10.8. The summed E-state index contributed by atoms with van der Waals surface area (Å²) in [6.45, 7) is 3.22. The molecule has 15 heavy (non-hydrogen) atoms. The highest BCUT2D eigenvalue weighted by Crippen LogP contribution is 2.25. The molecule has 82 valence electrons. The predicted molar refractivity (Wildman–Crippen MR) is 64.4 cm³/mol. The van der Waals surface area contributed by atoms with Gasteiger partial charge in [0.25, 0.3) is 0 Å². The molecule has 1 atom stereocenters. The van der Waals surface area contributed by atoms with Crippen molar-refractivity contribution in [1.82, 2.24) is 4.90 Å². The molecule has 1 aromatic rings. The van der Waals surface area contributed by atoms with Crippen LogP contribution < -0.4 is 5.73 Å². The molecule has 1 saturated heterocycles. The standard InChI is InChI=1S/C11H14Cl2N2/c12-9-3-2-8(6-10(9)13)11(14)7-15-4-1-5-15/h2-3,6,11H,1,4-5,7,14H2/t11-/m1/s1. The fourth-order valence-electron chi connectivity index (χ4n) is 1.69. The smallest absolute Gasteiger partial charge is 0.0595 e. The van der Waals surface area contributed by atoms with Crippen molar-refractivity contribution < 1.29 is 0 Å². The molecule has 0 bridgehead atoms. The Morgan fingerprint density at radius 1 is 1.27 bits per heavy atom. The fourth-order valence-corrected chi connectivity index (χ4v) is 2.00. The normalized spacial score (nSPS) is 18.6. The van der Waals surface area contributed by atoms with E-state index in [9.17, 15) is 0 Å². The lowest BCUT2D eigenvalue weighted by Crippen LogP contribution is -2.41. The quantitative estimate of drug-likeness (QED) is 0.887. The van der Waals surface area contributed by atoms with Gasteiger partial charge in [-0.15, -0.1) is 0 Å². The Bertz CT molecular complexity index is 350. The summed E-state index contributed by atoms with van der Waals surface area (Å²) < 4.78 is 0. The molecular formula is C11H14Cl2N2. The van der Waals surface area contributed by atoms with Crippen LogP contribution in [-0.4, -0.2) is 24.5 Å². The van der Waals surface area contributed by atoms with Gasteiger partial charge in [0.2, 0.25) is 0 Å². The summed E-state index contributed by atoms with van der Waals surface area (Å²) in [7, 11) is 0.